The van der Waals surface area contributed by atoms with Gasteiger partial charge in [-0.15, -0.1) is 0 Å². The number of rotatable bonds is 10. The second kappa shape index (κ2) is 13.5. The number of fused-ring (bicyclic) bond motifs is 1. The smallest absolute Gasteiger partial charge is 0.338 e. The van der Waals surface area contributed by atoms with Crippen molar-refractivity contribution >= 4 is 40.7 Å². The first-order valence-electron chi connectivity index (χ1n) is 14.3. The van der Waals surface area contributed by atoms with Crippen LogP contribution in [0.1, 0.15) is 43.5 Å². The average Bonchev–Trinajstić information content (AvgIpc) is 3.30. The summed E-state index contributed by atoms with van der Waals surface area (Å²) in [5.74, 6) is 0.639. The number of hydrogen-bond donors (Lipinski definition) is 0. The summed E-state index contributed by atoms with van der Waals surface area (Å²) in [6, 6.07) is 20.2. The van der Waals surface area contributed by atoms with Crippen LogP contribution >= 0.6 is 22.9 Å². The van der Waals surface area contributed by atoms with Crippen molar-refractivity contribution in [2.24, 2.45) is 4.99 Å². The molecular weight excluding hydrogens is 598 g/mol. The molecule has 228 valence electrons. The number of aromatic nitrogens is 1. The van der Waals surface area contributed by atoms with E-state index in [1.165, 1.54) is 11.3 Å². The Bertz CT molecular complexity index is 1890. The lowest BCUT2D eigenvalue weighted by Gasteiger charge is -2.25. The minimum atomic E-state index is -0.678. The molecular formula is C34H34ClN3O5S. The number of ether oxygens (including phenoxy) is 3. The summed E-state index contributed by atoms with van der Waals surface area (Å²) in [6.45, 7) is 6.38. The largest absolute Gasteiger partial charge is 0.490 e. The molecule has 0 saturated carbocycles. The van der Waals surface area contributed by atoms with Crippen LogP contribution in [-0.4, -0.2) is 37.8 Å². The third-order valence-electron chi connectivity index (χ3n) is 7.15. The molecule has 0 radical (unpaired) electrons. The van der Waals surface area contributed by atoms with Crippen molar-refractivity contribution in [1.82, 2.24) is 4.57 Å². The SMILES string of the molecule is CCOC(=O)C1=C(C)N=c2s/c(=C\c3ccc(OCc4ccccc4Cl)c(OCC)c3)c(=O)n2[C@H]1c1ccc(N(C)C)cc1. The van der Waals surface area contributed by atoms with Crippen molar-refractivity contribution in [2.75, 3.05) is 32.2 Å². The summed E-state index contributed by atoms with van der Waals surface area (Å²) in [5.41, 5.74) is 4.05. The molecule has 1 atom stereocenters. The second-order valence-electron chi connectivity index (χ2n) is 10.3. The fourth-order valence-corrected chi connectivity index (χ4v) is 6.22. The highest BCUT2D eigenvalue weighted by atomic mass is 35.5. The highest BCUT2D eigenvalue weighted by Crippen LogP contribution is 2.32. The number of carbonyl (C=O) groups is 1. The highest BCUT2D eigenvalue weighted by Gasteiger charge is 2.33. The maximum Gasteiger partial charge on any atom is 0.338 e. The van der Waals surface area contributed by atoms with Crippen LogP contribution in [0.25, 0.3) is 6.08 Å². The summed E-state index contributed by atoms with van der Waals surface area (Å²) in [4.78, 5) is 34.4. The summed E-state index contributed by atoms with van der Waals surface area (Å²) in [7, 11) is 3.92. The second-order valence-corrected chi connectivity index (χ2v) is 11.7. The Labute approximate surface area is 265 Å². The van der Waals surface area contributed by atoms with Crippen LogP contribution in [0.2, 0.25) is 5.02 Å². The summed E-state index contributed by atoms with van der Waals surface area (Å²) in [5, 5.41) is 0.630. The predicted molar refractivity (Wildman–Crippen MR) is 175 cm³/mol. The molecule has 44 heavy (non-hydrogen) atoms. The van der Waals surface area contributed by atoms with Crippen LogP contribution in [0, 0.1) is 0 Å². The van der Waals surface area contributed by atoms with Gasteiger partial charge in [0.15, 0.2) is 16.3 Å². The monoisotopic (exact) mass is 631 g/mol. The fraction of sp³-hybridized carbons (Fsp3) is 0.265. The Morgan fingerprint density at radius 3 is 2.45 bits per heavy atom. The normalized spacial score (nSPS) is 14.6. The number of thiazole rings is 1. The lowest BCUT2D eigenvalue weighted by molar-refractivity contribution is -0.139. The Morgan fingerprint density at radius 2 is 1.77 bits per heavy atom. The van der Waals surface area contributed by atoms with E-state index in [9.17, 15) is 9.59 Å². The zero-order valence-corrected chi connectivity index (χ0v) is 26.9. The number of esters is 1. The Balaban J connectivity index is 1.56. The van der Waals surface area contributed by atoms with E-state index in [1.807, 2.05) is 92.6 Å². The predicted octanol–water partition coefficient (Wildman–Crippen LogP) is 5.50. The molecule has 0 N–H and O–H groups in total. The number of carbonyl (C=O) groups excluding carboxylic acids is 1. The molecule has 4 aromatic rings. The molecule has 10 heteroatoms. The number of hydrogen-bond acceptors (Lipinski definition) is 8. The minimum absolute atomic E-state index is 0.215. The van der Waals surface area contributed by atoms with E-state index < -0.39 is 12.0 Å². The summed E-state index contributed by atoms with van der Waals surface area (Å²) in [6.07, 6.45) is 1.81. The molecule has 0 fully saturated rings. The van der Waals surface area contributed by atoms with Crippen molar-refractivity contribution in [1.29, 1.82) is 0 Å². The number of halogens is 1. The molecule has 5 rings (SSSR count). The van der Waals surface area contributed by atoms with Gasteiger partial charge < -0.3 is 19.1 Å². The van der Waals surface area contributed by atoms with Crippen LogP contribution in [0.3, 0.4) is 0 Å². The van der Waals surface area contributed by atoms with Crippen molar-refractivity contribution in [3.8, 4) is 11.5 Å². The maximum absolute atomic E-state index is 14.0. The molecule has 2 heterocycles. The van der Waals surface area contributed by atoms with Crippen molar-refractivity contribution in [3.63, 3.8) is 0 Å². The van der Waals surface area contributed by atoms with E-state index in [2.05, 4.69) is 4.99 Å². The zero-order valence-electron chi connectivity index (χ0n) is 25.3. The van der Waals surface area contributed by atoms with Gasteiger partial charge in [0, 0.05) is 30.4 Å². The minimum Gasteiger partial charge on any atom is -0.490 e. The summed E-state index contributed by atoms with van der Waals surface area (Å²) < 4.78 is 19.4. The fourth-order valence-electron chi connectivity index (χ4n) is 4.99. The lowest BCUT2D eigenvalue weighted by atomic mass is 9.95. The van der Waals surface area contributed by atoms with E-state index in [1.54, 1.807) is 24.5 Å². The van der Waals surface area contributed by atoms with E-state index >= 15 is 0 Å². The average molecular weight is 632 g/mol. The third kappa shape index (κ3) is 6.44. The van der Waals surface area contributed by atoms with Gasteiger partial charge in [0.25, 0.3) is 5.56 Å². The first-order chi connectivity index (χ1) is 21.2. The van der Waals surface area contributed by atoms with Gasteiger partial charge in [0.1, 0.15) is 6.61 Å². The Kier molecular flexibility index (Phi) is 9.56. The zero-order chi connectivity index (χ0) is 31.4. The van der Waals surface area contributed by atoms with E-state index in [0.29, 0.717) is 43.7 Å². The molecule has 0 saturated heterocycles. The van der Waals surface area contributed by atoms with Gasteiger partial charge in [-0.2, -0.15) is 0 Å². The highest BCUT2D eigenvalue weighted by molar-refractivity contribution is 7.07. The molecule has 3 aromatic carbocycles. The van der Waals surface area contributed by atoms with Gasteiger partial charge in [-0.3, -0.25) is 9.36 Å². The van der Waals surface area contributed by atoms with Crippen molar-refractivity contribution in [3.05, 3.63) is 119 Å². The van der Waals surface area contributed by atoms with Gasteiger partial charge in [0.2, 0.25) is 0 Å². The van der Waals surface area contributed by atoms with Crippen molar-refractivity contribution in [2.45, 2.75) is 33.4 Å². The Morgan fingerprint density at radius 1 is 1.02 bits per heavy atom. The molecule has 1 aliphatic heterocycles. The molecule has 0 aliphatic carbocycles. The van der Waals surface area contributed by atoms with Gasteiger partial charge in [-0.25, -0.2) is 9.79 Å². The van der Waals surface area contributed by atoms with Gasteiger partial charge >= 0.3 is 5.97 Å². The molecule has 8 nitrogen and oxygen atoms in total. The van der Waals surface area contributed by atoms with Crippen LogP contribution in [-0.2, 0) is 16.1 Å². The number of anilines is 1. The maximum atomic E-state index is 14.0. The molecule has 0 spiro atoms. The van der Waals surface area contributed by atoms with Gasteiger partial charge in [0.05, 0.1) is 35.1 Å². The number of nitrogens with zero attached hydrogens (tertiary/aromatic N) is 3. The van der Waals surface area contributed by atoms with Crippen LogP contribution < -0.4 is 29.3 Å². The Hall–Kier alpha value is -4.34. The number of allylic oxidation sites excluding steroid dienone is 1. The first-order valence-corrected chi connectivity index (χ1v) is 15.5. The van der Waals surface area contributed by atoms with E-state index in [-0.39, 0.29) is 18.8 Å². The summed E-state index contributed by atoms with van der Waals surface area (Å²) >= 11 is 7.57. The van der Waals surface area contributed by atoms with Crippen molar-refractivity contribution < 1.29 is 19.0 Å². The van der Waals surface area contributed by atoms with E-state index in [4.69, 9.17) is 25.8 Å². The molecule has 0 amide bonds. The van der Waals surface area contributed by atoms with E-state index in [0.717, 1.165) is 22.4 Å². The number of benzene rings is 3. The molecule has 0 bridgehead atoms. The van der Waals surface area contributed by atoms with Crippen LogP contribution in [0.15, 0.2) is 87.8 Å². The third-order valence-corrected chi connectivity index (χ3v) is 8.50. The topological polar surface area (TPSA) is 82.4 Å². The molecule has 1 aliphatic rings. The van der Waals surface area contributed by atoms with Gasteiger partial charge in [-0.1, -0.05) is 59.3 Å². The molecule has 1 aromatic heterocycles. The standard InChI is InChI=1S/C34H34ClN3O5S/c1-6-41-28-18-22(12-17-27(28)43-20-24-10-8-9-11-26(24)35)19-29-32(39)38-31(23-13-15-25(16-14-23)37(4)5)30(33(40)42-7-2)21(3)36-34(38)44-29/h8-19,31H,6-7,20H2,1-5H3/b29-19-/t31-/m0/s1. The van der Waals surface area contributed by atoms with Crippen LogP contribution in [0.5, 0.6) is 11.5 Å². The lowest BCUT2D eigenvalue weighted by Crippen LogP contribution is -2.39. The first kappa shape index (κ1) is 31.1. The molecule has 0 unspecified atom stereocenters. The quantitative estimate of drug-likeness (QED) is 0.215. The van der Waals surface area contributed by atoms with Crippen LogP contribution in [0.4, 0.5) is 5.69 Å². The van der Waals surface area contributed by atoms with Gasteiger partial charge in [-0.05, 0) is 68.3 Å².